The Balaban J connectivity index is 1.49. The fourth-order valence-corrected chi connectivity index (χ4v) is 2.94. The van der Waals surface area contributed by atoms with E-state index in [0.29, 0.717) is 17.9 Å². The predicted molar refractivity (Wildman–Crippen MR) is 112 cm³/mol. The minimum atomic E-state index is -0.159. The summed E-state index contributed by atoms with van der Waals surface area (Å²) in [5.74, 6) is 0.517. The fourth-order valence-electron chi connectivity index (χ4n) is 2.94. The van der Waals surface area contributed by atoms with Crippen molar-refractivity contribution in [2.24, 2.45) is 0 Å². The van der Waals surface area contributed by atoms with Crippen molar-refractivity contribution in [3.8, 4) is 5.69 Å². The van der Waals surface area contributed by atoms with Crippen LogP contribution in [0, 0.1) is 6.92 Å². The first-order valence-electron chi connectivity index (χ1n) is 9.24. The van der Waals surface area contributed by atoms with Crippen molar-refractivity contribution in [2.45, 2.75) is 13.5 Å². The van der Waals surface area contributed by atoms with Crippen molar-refractivity contribution in [1.29, 1.82) is 0 Å². The quantitative estimate of drug-likeness (QED) is 0.528. The van der Waals surface area contributed by atoms with E-state index in [1.54, 1.807) is 4.68 Å². The van der Waals surface area contributed by atoms with Crippen molar-refractivity contribution in [3.05, 3.63) is 95.8 Å². The van der Waals surface area contributed by atoms with E-state index in [0.717, 1.165) is 22.6 Å². The first kappa shape index (κ1) is 18.4. The van der Waals surface area contributed by atoms with Crippen LogP contribution in [0.1, 0.15) is 21.7 Å². The second-order valence-electron chi connectivity index (χ2n) is 6.55. The molecule has 0 saturated carbocycles. The number of carbonyl (C=O) groups is 1. The van der Waals surface area contributed by atoms with Gasteiger partial charge in [0.25, 0.3) is 5.91 Å². The SMILES string of the molecule is Cc1ccc(C(=O)Nc2ccccc2)cc1NCc1nnnn1-c1ccccc1. The molecule has 0 bridgehead atoms. The number of aryl methyl sites for hydroxylation is 1. The van der Waals surface area contributed by atoms with Gasteiger partial charge >= 0.3 is 0 Å². The molecule has 7 nitrogen and oxygen atoms in total. The van der Waals surface area contributed by atoms with Gasteiger partial charge in [0.2, 0.25) is 0 Å². The molecule has 1 amide bonds. The number of hydrogen-bond acceptors (Lipinski definition) is 5. The van der Waals surface area contributed by atoms with E-state index >= 15 is 0 Å². The Morgan fingerprint density at radius 2 is 1.69 bits per heavy atom. The molecule has 4 rings (SSSR count). The van der Waals surface area contributed by atoms with Crippen LogP contribution in [0.15, 0.2) is 78.9 Å². The summed E-state index contributed by atoms with van der Waals surface area (Å²) >= 11 is 0. The van der Waals surface area contributed by atoms with Crippen LogP contribution >= 0.6 is 0 Å². The van der Waals surface area contributed by atoms with Gasteiger partial charge in [0.1, 0.15) is 0 Å². The smallest absolute Gasteiger partial charge is 0.255 e. The van der Waals surface area contributed by atoms with Crippen molar-refractivity contribution >= 4 is 17.3 Å². The molecule has 3 aromatic carbocycles. The molecule has 0 aliphatic rings. The van der Waals surface area contributed by atoms with E-state index in [-0.39, 0.29) is 5.91 Å². The Morgan fingerprint density at radius 3 is 2.45 bits per heavy atom. The van der Waals surface area contributed by atoms with Gasteiger partial charge in [-0.25, -0.2) is 0 Å². The summed E-state index contributed by atoms with van der Waals surface area (Å²) < 4.78 is 1.69. The molecule has 0 fully saturated rings. The van der Waals surface area contributed by atoms with Crippen LogP contribution in [-0.4, -0.2) is 26.1 Å². The average molecular weight is 384 g/mol. The lowest BCUT2D eigenvalue weighted by molar-refractivity contribution is 0.102. The summed E-state index contributed by atoms with van der Waals surface area (Å²) in [5.41, 5.74) is 4.11. The van der Waals surface area contributed by atoms with Gasteiger partial charge in [0.05, 0.1) is 12.2 Å². The maximum absolute atomic E-state index is 12.6. The molecule has 0 spiro atoms. The lowest BCUT2D eigenvalue weighted by Crippen LogP contribution is -2.13. The number of hydrogen-bond donors (Lipinski definition) is 2. The first-order valence-corrected chi connectivity index (χ1v) is 9.24. The highest BCUT2D eigenvalue weighted by Crippen LogP contribution is 2.19. The summed E-state index contributed by atoms with van der Waals surface area (Å²) in [6.07, 6.45) is 0. The Bertz CT molecular complexity index is 1110. The summed E-state index contributed by atoms with van der Waals surface area (Å²) in [6, 6.07) is 24.7. The zero-order chi connectivity index (χ0) is 20.1. The van der Waals surface area contributed by atoms with Crippen LogP contribution in [0.2, 0.25) is 0 Å². The van der Waals surface area contributed by atoms with Crippen LogP contribution in [-0.2, 0) is 6.54 Å². The summed E-state index contributed by atoms with van der Waals surface area (Å²) in [7, 11) is 0. The van der Waals surface area contributed by atoms with Crippen LogP contribution in [0.3, 0.4) is 0 Å². The number of benzene rings is 3. The second kappa shape index (κ2) is 8.35. The van der Waals surface area contributed by atoms with Crippen LogP contribution in [0.25, 0.3) is 5.69 Å². The van der Waals surface area contributed by atoms with Crippen molar-refractivity contribution in [3.63, 3.8) is 0 Å². The number of rotatable bonds is 6. The largest absolute Gasteiger partial charge is 0.377 e. The minimum absolute atomic E-state index is 0.159. The molecular formula is C22H20N6O. The number of anilines is 2. The molecule has 1 aromatic heterocycles. The molecule has 29 heavy (non-hydrogen) atoms. The van der Waals surface area contributed by atoms with Crippen molar-refractivity contribution in [1.82, 2.24) is 20.2 Å². The van der Waals surface area contributed by atoms with E-state index in [1.165, 1.54) is 0 Å². The monoisotopic (exact) mass is 384 g/mol. The number of carbonyl (C=O) groups excluding carboxylic acids is 1. The van der Waals surface area contributed by atoms with Crippen LogP contribution < -0.4 is 10.6 Å². The van der Waals surface area contributed by atoms with Gasteiger partial charge in [-0.2, -0.15) is 4.68 Å². The molecule has 4 aromatic rings. The summed E-state index contributed by atoms with van der Waals surface area (Å²) in [6.45, 7) is 2.41. The maximum Gasteiger partial charge on any atom is 0.255 e. The number of nitrogens with one attached hydrogen (secondary N) is 2. The molecule has 1 heterocycles. The standard InChI is InChI=1S/C22H20N6O/c1-16-12-13-17(22(29)24-18-8-4-2-5-9-18)14-20(16)23-15-21-25-26-27-28(21)19-10-6-3-7-11-19/h2-14,23H,15H2,1H3,(H,24,29). The van der Waals surface area contributed by atoms with Gasteiger partial charge in [0.15, 0.2) is 5.82 Å². The number of nitrogens with zero attached hydrogens (tertiary/aromatic N) is 4. The van der Waals surface area contributed by atoms with E-state index in [1.807, 2.05) is 85.8 Å². The van der Waals surface area contributed by atoms with Crippen LogP contribution in [0.5, 0.6) is 0 Å². The molecule has 144 valence electrons. The van der Waals surface area contributed by atoms with Gasteiger partial charge in [0, 0.05) is 16.9 Å². The van der Waals surface area contributed by atoms with E-state index in [9.17, 15) is 4.79 Å². The summed E-state index contributed by atoms with van der Waals surface area (Å²) in [5, 5.41) is 18.2. The molecule has 0 atom stereocenters. The minimum Gasteiger partial charge on any atom is -0.377 e. The molecule has 0 radical (unpaired) electrons. The van der Waals surface area contributed by atoms with Crippen LogP contribution in [0.4, 0.5) is 11.4 Å². The molecule has 0 saturated heterocycles. The predicted octanol–water partition coefficient (Wildman–Crippen LogP) is 3.84. The molecule has 0 aliphatic carbocycles. The maximum atomic E-state index is 12.6. The van der Waals surface area contributed by atoms with E-state index in [2.05, 4.69) is 26.2 Å². The molecule has 0 unspecified atom stereocenters. The Kier molecular flexibility index (Phi) is 5.29. The number of aromatic nitrogens is 4. The summed E-state index contributed by atoms with van der Waals surface area (Å²) in [4.78, 5) is 12.6. The Hall–Kier alpha value is -4.00. The third-order valence-electron chi connectivity index (χ3n) is 4.50. The highest BCUT2D eigenvalue weighted by atomic mass is 16.1. The van der Waals surface area contributed by atoms with Gasteiger partial charge in [-0.1, -0.05) is 42.5 Å². The normalized spacial score (nSPS) is 10.5. The zero-order valence-corrected chi connectivity index (χ0v) is 15.9. The van der Waals surface area contributed by atoms with Gasteiger partial charge < -0.3 is 10.6 Å². The van der Waals surface area contributed by atoms with Gasteiger partial charge in [-0.3, -0.25) is 4.79 Å². The topological polar surface area (TPSA) is 84.7 Å². The van der Waals surface area contributed by atoms with Gasteiger partial charge in [-0.15, -0.1) is 5.10 Å². The third-order valence-corrected chi connectivity index (χ3v) is 4.50. The Morgan fingerprint density at radius 1 is 0.966 bits per heavy atom. The molecule has 0 aliphatic heterocycles. The highest BCUT2D eigenvalue weighted by Gasteiger charge is 2.11. The lowest BCUT2D eigenvalue weighted by atomic mass is 10.1. The van der Waals surface area contributed by atoms with E-state index in [4.69, 9.17) is 0 Å². The fraction of sp³-hybridized carbons (Fsp3) is 0.0909. The van der Waals surface area contributed by atoms with Gasteiger partial charge in [-0.05, 0) is 59.3 Å². The molecule has 2 N–H and O–H groups in total. The number of tetrazole rings is 1. The number of amides is 1. The lowest BCUT2D eigenvalue weighted by Gasteiger charge is -2.12. The second-order valence-corrected chi connectivity index (χ2v) is 6.55. The number of para-hydroxylation sites is 2. The van der Waals surface area contributed by atoms with Crippen molar-refractivity contribution < 1.29 is 4.79 Å². The molecular weight excluding hydrogens is 364 g/mol. The Labute approximate surface area is 168 Å². The van der Waals surface area contributed by atoms with Crippen molar-refractivity contribution in [2.75, 3.05) is 10.6 Å². The first-order chi connectivity index (χ1) is 14.2. The highest BCUT2D eigenvalue weighted by molar-refractivity contribution is 6.04. The molecule has 7 heteroatoms. The zero-order valence-electron chi connectivity index (χ0n) is 15.9. The van der Waals surface area contributed by atoms with E-state index < -0.39 is 0 Å². The third kappa shape index (κ3) is 4.30. The average Bonchev–Trinajstić information content (AvgIpc) is 3.23.